The second-order valence-electron chi connectivity index (χ2n) is 4.94. The van der Waals surface area contributed by atoms with Crippen molar-refractivity contribution in [1.82, 2.24) is 14.8 Å². The number of nitrogens with zero attached hydrogens (tertiary/aromatic N) is 3. The van der Waals surface area contributed by atoms with Crippen LogP contribution in [0.1, 0.15) is 12.0 Å². The van der Waals surface area contributed by atoms with Crippen molar-refractivity contribution < 1.29 is 4.79 Å². The van der Waals surface area contributed by atoms with Gasteiger partial charge in [-0.25, -0.2) is 9.89 Å². The van der Waals surface area contributed by atoms with E-state index in [-0.39, 0.29) is 17.3 Å². The highest BCUT2D eigenvalue weighted by Crippen LogP contribution is 2.27. The molecule has 0 fully saturated rings. The Morgan fingerprint density at radius 2 is 2.24 bits per heavy atom. The summed E-state index contributed by atoms with van der Waals surface area (Å²) in [5.41, 5.74) is 1.95. The first-order valence-electron chi connectivity index (χ1n) is 6.79. The number of nitrogens with one attached hydrogen (secondary N) is 1. The molecule has 1 aromatic heterocycles. The fourth-order valence-corrected chi connectivity index (χ4v) is 3.25. The van der Waals surface area contributed by atoms with E-state index in [2.05, 4.69) is 16.3 Å². The smallest absolute Gasteiger partial charge is 0.311 e. The normalized spacial score (nSPS) is 14.0. The average Bonchev–Trinajstić information content (AvgIpc) is 2.84. The predicted octanol–water partition coefficient (Wildman–Crippen LogP) is 1.18. The molecule has 6 nitrogen and oxygen atoms in total. The van der Waals surface area contributed by atoms with Crippen LogP contribution in [-0.4, -0.2) is 33.0 Å². The zero-order valence-electron chi connectivity index (χ0n) is 11.7. The highest BCUT2D eigenvalue weighted by atomic mass is 32.2. The van der Waals surface area contributed by atoms with Gasteiger partial charge in [-0.1, -0.05) is 30.0 Å². The molecule has 3 rings (SSSR count). The molecule has 0 unspecified atom stereocenters. The summed E-state index contributed by atoms with van der Waals surface area (Å²) in [6.45, 7) is 0.746. The average molecular weight is 304 g/mol. The van der Waals surface area contributed by atoms with Gasteiger partial charge >= 0.3 is 5.69 Å². The van der Waals surface area contributed by atoms with E-state index in [9.17, 15) is 9.59 Å². The van der Waals surface area contributed by atoms with Crippen molar-refractivity contribution in [3.63, 3.8) is 0 Å². The summed E-state index contributed by atoms with van der Waals surface area (Å²) < 4.78 is 1.40. The molecular formula is C14H16N4O2S. The lowest BCUT2D eigenvalue weighted by Crippen LogP contribution is -2.36. The van der Waals surface area contributed by atoms with Gasteiger partial charge in [-0.15, -0.1) is 5.10 Å². The number of rotatable bonds is 3. The third kappa shape index (κ3) is 2.73. The van der Waals surface area contributed by atoms with Gasteiger partial charge in [0.25, 0.3) is 0 Å². The number of carbonyl (C=O) groups excluding carboxylic acids is 1. The first kappa shape index (κ1) is 13.9. The Hall–Kier alpha value is -2.02. The lowest BCUT2D eigenvalue weighted by Gasteiger charge is -2.29. The zero-order valence-corrected chi connectivity index (χ0v) is 12.5. The zero-order chi connectivity index (χ0) is 14.8. The van der Waals surface area contributed by atoms with Crippen molar-refractivity contribution >= 4 is 23.4 Å². The number of anilines is 1. The van der Waals surface area contributed by atoms with Gasteiger partial charge in [0.2, 0.25) is 5.91 Å². The molecule has 0 radical (unpaired) electrons. The molecule has 1 aliphatic rings. The Morgan fingerprint density at radius 1 is 1.43 bits per heavy atom. The summed E-state index contributed by atoms with van der Waals surface area (Å²) in [7, 11) is 1.63. The van der Waals surface area contributed by atoms with Crippen molar-refractivity contribution in [2.45, 2.75) is 18.0 Å². The van der Waals surface area contributed by atoms with Crippen molar-refractivity contribution in [2.75, 3.05) is 17.2 Å². The number of aromatic nitrogens is 3. The van der Waals surface area contributed by atoms with Gasteiger partial charge in [-0.3, -0.25) is 9.36 Å². The molecule has 0 saturated carbocycles. The summed E-state index contributed by atoms with van der Waals surface area (Å²) in [4.78, 5) is 25.5. The molecule has 0 atom stereocenters. The largest absolute Gasteiger partial charge is 0.343 e. The van der Waals surface area contributed by atoms with E-state index in [1.54, 1.807) is 7.05 Å². The predicted molar refractivity (Wildman–Crippen MR) is 81.7 cm³/mol. The van der Waals surface area contributed by atoms with Gasteiger partial charge in [0.15, 0.2) is 5.16 Å². The minimum atomic E-state index is -0.270. The van der Waals surface area contributed by atoms with E-state index in [1.807, 2.05) is 23.1 Å². The Labute approximate surface area is 126 Å². The van der Waals surface area contributed by atoms with Crippen molar-refractivity contribution in [3.05, 3.63) is 40.3 Å². The fourth-order valence-electron chi connectivity index (χ4n) is 2.46. The number of hydrogen-bond acceptors (Lipinski definition) is 4. The van der Waals surface area contributed by atoms with Crippen LogP contribution in [0, 0.1) is 0 Å². The number of thioether (sulfide) groups is 1. The summed E-state index contributed by atoms with van der Waals surface area (Å²) in [5, 5.41) is 6.79. The third-order valence-electron chi connectivity index (χ3n) is 3.57. The highest BCUT2D eigenvalue weighted by Gasteiger charge is 2.22. The van der Waals surface area contributed by atoms with Crippen LogP contribution >= 0.6 is 11.8 Å². The molecular weight excluding hydrogens is 288 g/mol. The maximum absolute atomic E-state index is 12.4. The monoisotopic (exact) mass is 304 g/mol. The van der Waals surface area contributed by atoms with E-state index in [0.717, 1.165) is 25.1 Å². The lowest BCUT2D eigenvalue weighted by atomic mass is 10.0. The standard InChI is InChI=1S/C14H16N4O2S/c1-17-13(20)15-16-14(17)21-9-12(19)18-8-4-6-10-5-2-3-7-11(10)18/h2-3,5,7H,4,6,8-9H2,1H3,(H,15,20). The van der Waals surface area contributed by atoms with E-state index in [1.165, 1.54) is 21.9 Å². The number of fused-ring (bicyclic) bond motifs is 1. The highest BCUT2D eigenvalue weighted by molar-refractivity contribution is 7.99. The van der Waals surface area contributed by atoms with Gasteiger partial charge in [-0.2, -0.15) is 0 Å². The number of para-hydroxylation sites is 1. The molecule has 2 aromatic rings. The van der Waals surface area contributed by atoms with Gasteiger partial charge in [0, 0.05) is 19.3 Å². The van der Waals surface area contributed by atoms with Crippen LogP contribution in [-0.2, 0) is 18.3 Å². The Morgan fingerprint density at radius 3 is 3.00 bits per heavy atom. The maximum Gasteiger partial charge on any atom is 0.343 e. The van der Waals surface area contributed by atoms with Crippen molar-refractivity contribution in [2.24, 2.45) is 7.05 Å². The number of H-pyrrole nitrogens is 1. The van der Waals surface area contributed by atoms with Crippen molar-refractivity contribution in [1.29, 1.82) is 0 Å². The number of hydrogen-bond donors (Lipinski definition) is 1. The first-order chi connectivity index (χ1) is 10.2. The molecule has 21 heavy (non-hydrogen) atoms. The minimum Gasteiger partial charge on any atom is -0.311 e. The van der Waals surface area contributed by atoms with Crippen LogP contribution in [0.15, 0.2) is 34.2 Å². The van der Waals surface area contributed by atoms with E-state index in [0.29, 0.717) is 5.16 Å². The van der Waals surface area contributed by atoms with E-state index < -0.39 is 0 Å². The van der Waals surface area contributed by atoms with Crippen LogP contribution in [0.4, 0.5) is 5.69 Å². The van der Waals surface area contributed by atoms with Crippen LogP contribution in [0.25, 0.3) is 0 Å². The van der Waals surface area contributed by atoms with Gasteiger partial charge in [0.1, 0.15) is 0 Å². The quantitative estimate of drug-likeness (QED) is 0.864. The van der Waals surface area contributed by atoms with Crippen molar-refractivity contribution in [3.8, 4) is 0 Å². The van der Waals surface area contributed by atoms with Crippen LogP contribution in [0.2, 0.25) is 0 Å². The summed E-state index contributed by atoms with van der Waals surface area (Å²) in [6, 6.07) is 8.01. The third-order valence-corrected chi connectivity index (χ3v) is 4.59. The van der Waals surface area contributed by atoms with Crippen LogP contribution < -0.4 is 10.6 Å². The second-order valence-corrected chi connectivity index (χ2v) is 5.88. The number of aromatic amines is 1. The summed E-state index contributed by atoms with van der Waals surface area (Å²) in [6.07, 6.45) is 2.00. The van der Waals surface area contributed by atoms with Crippen LogP contribution in [0.3, 0.4) is 0 Å². The SMILES string of the molecule is Cn1c(SCC(=O)N2CCCc3ccccc32)n[nH]c1=O. The molecule has 1 aromatic carbocycles. The number of amides is 1. The van der Waals surface area contributed by atoms with E-state index >= 15 is 0 Å². The second kappa shape index (κ2) is 5.77. The fraction of sp³-hybridized carbons (Fsp3) is 0.357. The Kier molecular flexibility index (Phi) is 3.83. The number of carbonyl (C=O) groups is 1. The molecule has 1 aliphatic heterocycles. The Balaban J connectivity index is 1.72. The maximum atomic E-state index is 12.4. The molecule has 2 heterocycles. The summed E-state index contributed by atoms with van der Waals surface area (Å²) in [5.74, 6) is 0.314. The Bertz CT molecular complexity index is 722. The van der Waals surface area contributed by atoms with E-state index in [4.69, 9.17) is 0 Å². The molecule has 7 heteroatoms. The molecule has 0 bridgehead atoms. The van der Waals surface area contributed by atoms with Crippen LogP contribution in [0.5, 0.6) is 0 Å². The van der Waals surface area contributed by atoms with Gasteiger partial charge in [-0.05, 0) is 24.5 Å². The minimum absolute atomic E-state index is 0.0441. The lowest BCUT2D eigenvalue weighted by molar-refractivity contribution is -0.116. The number of aryl methyl sites for hydroxylation is 1. The molecule has 1 amide bonds. The molecule has 0 saturated heterocycles. The summed E-state index contributed by atoms with van der Waals surface area (Å²) >= 11 is 1.27. The van der Waals surface area contributed by atoms with Gasteiger partial charge < -0.3 is 4.90 Å². The van der Waals surface area contributed by atoms with Gasteiger partial charge in [0.05, 0.1) is 5.75 Å². The molecule has 110 valence electrons. The molecule has 0 aliphatic carbocycles. The first-order valence-corrected chi connectivity index (χ1v) is 7.78. The molecule has 0 spiro atoms. The number of benzene rings is 1. The topological polar surface area (TPSA) is 71.0 Å². The molecule has 1 N–H and O–H groups in total.